The summed E-state index contributed by atoms with van der Waals surface area (Å²) in [5.74, 6) is 2.27. The van der Waals surface area contributed by atoms with Gasteiger partial charge in [0.1, 0.15) is 11.6 Å². The molecule has 3 N–H and O–H groups in total. The van der Waals surface area contributed by atoms with Crippen molar-refractivity contribution in [1.29, 1.82) is 0 Å². The average molecular weight is 524 g/mol. The van der Waals surface area contributed by atoms with Crippen LogP contribution in [-0.2, 0) is 17.7 Å². The van der Waals surface area contributed by atoms with Crippen molar-refractivity contribution in [2.75, 3.05) is 43.2 Å². The Bertz CT molecular complexity index is 1160. The van der Waals surface area contributed by atoms with Crippen molar-refractivity contribution >= 4 is 46.8 Å². The third-order valence-corrected chi connectivity index (χ3v) is 6.02. The lowest BCUT2D eigenvalue weighted by Gasteiger charge is -2.28. The number of benzene rings is 2. The number of halogens is 1. The summed E-state index contributed by atoms with van der Waals surface area (Å²) in [6.07, 6.45) is 3.26. The molecule has 1 fully saturated rings. The SMILES string of the molecule is S=C(NCCCc1nc(N/N=C/c2cccc(Cl)c2)cc(N2CCOCC2)n1)NCc1ccccc1. The summed E-state index contributed by atoms with van der Waals surface area (Å²) in [6, 6.07) is 19.6. The van der Waals surface area contributed by atoms with E-state index >= 15 is 0 Å². The van der Waals surface area contributed by atoms with E-state index in [0.29, 0.717) is 42.1 Å². The van der Waals surface area contributed by atoms with Gasteiger partial charge in [-0.25, -0.2) is 9.97 Å². The topological polar surface area (TPSA) is 86.7 Å². The average Bonchev–Trinajstić information content (AvgIpc) is 2.91. The zero-order valence-electron chi connectivity index (χ0n) is 20.0. The summed E-state index contributed by atoms with van der Waals surface area (Å²) in [5.41, 5.74) is 5.14. The second kappa shape index (κ2) is 13.7. The highest BCUT2D eigenvalue weighted by molar-refractivity contribution is 7.80. The van der Waals surface area contributed by atoms with Crippen LogP contribution in [0, 0.1) is 0 Å². The van der Waals surface area contributed by atoms with Crippen LogP contribution >= 0.6 is 23.8 Å². The van der Waals surface area contributed by atoms with E-state index in [1.165, 1.54) is 5.56 Å². The summed E-state index contributed by atoms with van der Waals surface area (Å²) < 4.78 is 5.49. The van der Waals surface area contributed by atoms with Gasteiger partial charge >= 0.3 is 0 Å². The smallest absolute Gasteiger partial charge is 0.166 e. The minimum Gasteiger partial charge on any atom is -0.378 e. The van der Waals surface area contributed by atoms with Gasteiger partial charge < -0.3 is 20.3 Å². The number of hydrogen-bond donors (Lipinski definition) is 3. The molecule has 0 spiro atoms. The Morgan fingerprint density at radius 1 is 1.06 bits per heavy atom. The first-order valence-corrected chi connectivity index (χ1v) is 12.8. The number of hydrogen-bond acceptors (Lipinski definition) is 7. The molecule has 3 aromatic rings. The number of nitrogens with zero attached hydrogens (tertiary/aromatic N) is 4. The Morgan fingerprint density at radius 3 is 2.69 bits per heavy atom. The number of nitrogens with one attached hydrogen (secondary N) is 3. The van der Waals surface area contributed by atoms with E-state index in [0.717, 1.165) is 43.3 Å². The van der Waals surface area contributed by atoms with Gasteiger partial charge in [0.05, 0.1) is 19.4 Å². The fourth-order valence-corrected chi connectivity index (χ4v) is 4.03. The predicted octanol–water partition coefficient (Wildman–Crippen LogP) is 4.01. The van der Waals surface area contributed by atoms with Crippen LogP contribution in [0.5, 0.6) is 0 Å². The minimum atomic E-state index is 0.638. The van der Waals surface area contributed by atoms with Gasteiger partial charge in [-0.2, -0.15) is 5.10 Å². The summed E-state index contributed by atoms with van der Waals surface area (Å²) in [5, 5.41) is 12.1. The summed E-state index contributed by atoms with van der Waals surface area (Å²) >= 11 is 11.5. The van der Waals surface area contributed by atoms with Crippen LogP contribution in [0.2, 0.25) is 5.02 Å². The molecule has 0 aliphatic carbocycles. The third kappa shape index (κ3) is 8.44. The molecule has 0 radical (unpaired) electrons. The molecule has 8 nitrogen and oxygen atoms in total. The molecule has 1 aliphatic rings. The molecule has 2 aromatic carbocycles. The molecule has 2 heterocycles. The zero-order chi connectivity index (χ0) is 25.0. The lowest BCUT2D eigenvalue weighted by atomic mass is 10.2. The molecule has 1 aromatic heterocycles. The Balaban J connectivity index is 1.32. The van der Waals surface area contributed by atoms with Crippen LogP contribution in [0.25, 0.3) is 0 Å². The largest absolute Gasteiger partial charge is 0.378 e. The number of rotatable bonds is 10. The number of aromatic nitrogens is 2. The Hall–Kier alpha value is -3.27. The number of thiocarbonyl (C=S) groups is 1. The van der Waals surface area contributed by atoms with E-state index in [-0.39, 0.29) is 0 Å². The van der Waals surface area contributed by atoms with Crippen LogP contribution in [0.3, 0.4) is 0 Å². The van der Waals surface area contributed by atoms with E-state index in [1.807, 2.05) is 48.5 Å². The number of morpholine rings is 1. The second-order valence-corrected chi connectivity index (χ2v) is 9.10. The number of ether oxygens (including phenoxy) is 1. The van der Waals surface area contributed by atoms with E-state index in [9.17, 15) is 0 Å². The van der Waals surface area contributed by atoms with Crippen molar-refractivity contribution in [1.82, 2.24) is 20.6 Å². The van der Waals surface area contributed by atoms with Crippen molar-refractivity contribution in [3.05, 3.63) is 82.6 Å². The molecule has 0 bridgehead atoms. The first kappa shape index (κ1) is 25.8. The highest BCUT2D eigenvalue weighted by atomic mass is 35.5. The predicted molar refractivity (Wildman–Crippen MR) is 150 cm³/mol. The number of aryl methyl sites for hydroxylation is 1. The maximum atomic E-state index is 6.06. The summed E-state index contributed by atoms with van der Waals surface area (Å²) in [4.78, 5) is 11.7. The highest BCUT2D eigenvalue weighted by Gasteiger charge is 2.15. The van der Waals surface area contributed by atoms with E-state index in [1.54, 1.807) is 6.21 Å². The molecule has 36 heavy (non-hydrogen) atoms. The van der Waals surface area contributed by atoms with E-state index < -0.39 is 0 Å². The van der Waals surface area contributed by atoms with E-state index in [4.69, 9.17) is 33.5 Å². The highest BCUT2D eigenvalue weighted by Crippen LogP contribution is 2.18. The van der Waals surface area contributed by atoms with Gasteiger partial charge in [-0.3, -0.25) is 5.43 Å². The first-order chi connectivity index (χ1) is 17.7. The van der Waals surface area contributed by atoms with Crippen LogP contribution in [-0.4, -0.2) is 54.1 Å². The molecular formula is C26H30ClN7OS. The Labute approximate surface area is 222 Å². The molecule has 4 rings (SSSR count). The first-order valence-electron chi connectivity index (χ1n) is 12.0. The molecule has 188 valence electrons. The Morgan fingerprint density at radius 2 is 1.89 bits per heavy atom. The number of hydrazone groups is 1. The van der Waals surface area contributed by atoms with Crippen LogP contribution in [0.15, 0.2) is 65.8 Å². The van der Waals surface area contributed by atoms with Crippen molar-refractivity contribution in [2.24, 2.45) is 5.10 Å². The molecule has 0 atom stereocenters. The lowest BCUT2D eigenvalue weighted by Crippen LogP contribution is -2.37. The molecule has 0 saturated carbocycles. The van der Waals surface area contributed by atoms with Gasteiger partial charge in [-0.15, -0.1) is 0 Å². The van der Waals surface area contributed by atoms with Crippen LogP contribution < -0.4 is 21.0 Å². The molecule has 1 saturated heterocycles. The standard InChI is InChI=1S/C26H30ClN7OS/c27-22-9-4-8-21(16-22)19-30-33-24-17-25(34-12-14-35-15-13-34)32-23(31-24)10-5-11-28-26(36)29-18-20-6-2-1-3-7-20/h1-4,6-9,16-17,19H,5,10-15,18H2,(H2,28,29,36)(H,31,32,33)/b30-19+. The Kier molecular flexibility index (Phi) is 9.84. The van der Waals surface area contributed by atoms with Crippen molar-refractivity contribution in [3.8, 4) is 0 Å². The van der Waals surface area contributed by atoms with Gasteiger partial charge in [0.15, 0.2) is 10.9 Å². The van der Waals surface area contributed by atoms with Crippen LogP contribution in [0.1, 0.15) is 23.4 Å². The normalized spacial score (nSPS) is 13.5. The van der Waals surface area contributed by atoms with Gasteiger partial charge in [0.2, 0.25) is 0 Å². The minimum absolute atomic E-state index is 0.638. The molecule has 1 aliphatic heterocycles. The number of anilines is 2. The summed E-state index contributed by atoms with van der Waals surface area (Å²) in [6.45, 7) is 4.39. The van der Waals surface area contributed by atoms with E-state index in [2.05, 4.69) is 43.2 Å². The van der Waals surface area contributed by atoms with Crippen molar-refractivity contribution in [3.63, 3.8) is 0 Å². The molecule has 10 heteroatoms. The third-order valence-electron chi connectivity index (χ3n) is 5.49. The molecular weight excluding hydrogens is 494 g/mol. The van der Waals surface area contributed by atoms with Gasteiger partial charge in [-0.1, -0.05) is 54.1 Å². The maximum Gasteiger partial charge on any atom is 0.166 e. The fourth-order valence-electron chi connectivity index (χ4n) is 3.66. The lowest BCUT2D eigenvalue weighted by molar-refractivity contribution is 0.122. The maximum absolute atomic E-state index is 6.06. The van der Waals surface area contributed by atoms with Crippen LogP contribution in [0.4, 0.5) is 11.6 Å². The van der Waals surface area contributed by atoms with Crippen molar-refractivity contribution < 1.29 is 4.74 Å². The van der Waals surface area contributed by atoms with Gasteiger partial charge in [-0.05, 0) is 41.9 Å². The summed E-state index contributed by atoms with van der Waals surface area (Å²) in [7, 11) is 0. The zero-order valence-corrected chi connectivity index (χ0v) is 21.6. The fraction of sp³-hybridized carbons (Fsp3) is 0.308. The molecule has 0 amide bonds. The van der Waals surface area contributed by atoms with Crippen molar-refractivity contribution in [2.45, 2.75) is 19.4 Å². The second-order valence-electron chi connectivity index (χ2n) is 8.25. The monoisotopic (exact) mass is 523 g/mol. The van der Waals surface area contributed by atoms with Gasteiger partial charge in [0.25, 0.3) is 0 Å². The van der Waals surface area contributed by atoms with Gasteiger partial charge in [0, 0.05) is 43.7 Å². The molecule has 0 unspecified atom stereocenters. The quantitative estimate of drug-likeness (QED) is 0.159.